The van der Waals surface area contributed by atoms with Crippen LogP contribution in [0.25, 0.3) is 0 Å². The zero-order valence-corrected chi connectivity index (χ0v) is 14.5. The summed E-state index contributed by atoms with van der Waals surface area (Å²) < 4.78 is 32.1. The molecule has 1 aliphatic carbocycles. The molecule has 1 unspecified atom stereocenters. The second kappa shape index (κ2) is 5.98. The number of nitrogens with zero attached hydrogens (tertiary/aromatic N) is 2. The smallest absolute Gasteiger partial charge is 0.289 e. The molecule has 1 saturated carbocycles. The summed E-state index contributed by atoms with van der Waals surface area (Å²) >= 11 is 1.59. The Morgan fingerprint density at radius 2 is 2.17 bits per heavy atom. The van der Waals surface area contributed by atoms with Crippen LogP contribution in [0.4, 0.5) is 0 Å². The Bertz CT molecular complexity index is 840. The van der Waals surface area contributed by atoms with Gasteiger partial charge in [0.05, 0.1) is 5.01 Å². The first-order valence-electron chi connectivity index (χ1n) is 7.84. The van der Waals surface area contributed by atoms with Crippen molar-refractivity contribution >= 4 is 27.3 Å². The molecule has 0 radical (unpaired) electrons. The van der Waals surface area contributed by atoms with E-state index in [-0.39, 0.29) is 28.7 Å². The summed E-state index contributed by atoms with van der Waals surface area (Å²) in [7, 11) is -3.68. The highest BCUT2D eigenvalue weighted by atomic mass is 32.2. The summed E-state index contributed by atoms with van der Waals surface area (Å²) in [5, 5.41) is 2.76. The molecule has 1 aliphatic heterocycles. The second-order valence-corrected chi connectivity index (χ2v) is 8.69. The van der Waals surface area contributed by atoms with E-state index in [1.807, 2.05) is 5.38 Å². The van der Waals surface area contributed by atoms with Crippen molar-refractivity contribution in [1.29, 1.82) is 0 Å². The molecule has 2 aromatic rings. The monoisotopic (exact) mass is 367 g/mol. The highest BCUT2D eigenvalue weighted by Gasteiger charge is 2.33. The lowest BCUT2D eigenvalue weighted by Gasteiger charge is -2.14. The number of nitrogens with one attached hydrogen (secondary N) is 1. The number of carbonyl (C=O) groups excluding carboxylic acids is 1. The normalized spacial score (nSPS) is 21.3. The maximum absolute atomic E-state index is 12.5. The molecule has 0 aromatic carbocycles. The summed E-state index contributed by atoms with van der Waals surface area (Å²) in [6.45, 7) is 1.20. The van der Waals surface area contributed by atoms with Crippen LogP contribution >= 0.6 is 11.3 Å². The summed E-state index contributed by atoms with van der Waals surface area (Å²) in [5.74, 6) is 0.0246. The molecule has 1 N–H and O–H groups in total. The van der Waals surface area contributed by atoms with Crippen molar-refractivity contribution in [3.05, 3.63) is 34.5 Å². The lowest BCUT2D eigenvalue weighted by atomic mass is 10.1. The molecule has 2 aromatic heterocycles. The van der Waals surface area contributed by atoms with E-state index in [2.05, 4.69) is 9.71 Å². The van der Waals surface area contributed by atoms with Crippen molar-refractivity contribution in [2.24, 2.45) is 0 Å². The quantitative estimate of drug-likeness (QED) is 0.870. The van der Waals surface area contributed by atoms with Crippen molar-refractivity contribution < 1.29 is 17.6 Å². The minimum absolute atomic E-state index is 0.00288. The minimum atomic E-state index is -3.68. The van der Waals surface area contributed by atoms with Crippen LogP contribution in [-0.2, 0) is 10.0 Å². The number of hydrogen-bond donors (Lipinski definition) is 1. The van der Waals surface area contributed by atoms with E-state index < -0.39 is 10.0 Å². The molecule has 1 amide bonds. The highest BCUT2D eigenvalue weighted by molar-refractivity contribution is 7.89. The van der Waals surface area contributed by atoms with Crippen LogP contribution in [0.3, 0.4) is 0 Å². The SMILES string of the molecule is O=C(c1ccc(S(=O)(=O)NC2CC2)o1)N1CCC(c2nccs2)C1. The Hall–Kier alpha value is -1.71. The number of furan rings is 1. The standard InChI is InChI=1S/C15H17N3O4S2/c19-15(18-7-5-10(9-18)14-16-6-8-23-14)12-3-4-13(22-12)24(20,21)17-11-1-2-11/h3-4,6,8,10-11,17H,1-2,5,7,9H2. The number of carbonyl (C=O) groups is 1. The van der Waals surface area contributed by atoms with Crippen LogP contribution < -0.4 is 4.72 Å². The van der Waals surface area contributed by atoms with E-state index in [9.17, 15) is 13.2 Å². The molecule has 0 spiro atoms. The van der Waals surface area contributed by atoms with Gasteiger partial charge in [-0.2, -0.15) is 0 Å². The van der Waals surface area contributed by atoms with Crippen molar-refractivity contribution in [2.75, 3.05) is 13.1 Å². The third-order valence-electron chi connectivity index (χ3n) is 4.23. The van der Waals surface area contributed by atoms with Gasteiger partial charge in [-0.05, 0) is 31.4 Å². The van der Waals surface area contributed by atoms with Crippen LogP contribution in [0.2, 0.25) is 0 Å². The first-order valence-corrected chi connectivity index (χ1v) is 10.2. The van der Waals surface area contributed by atoms with Gasteiger partial charge in [0.15, 0.2) is 5.76 Å². The summed E-state index contributed by atoms with van der Waals surface area (Å²) in [4.78, 5) is 18.5. The molecule has 128 valence electrons. The molecular formula is C15H17N3O4S2. The molecule has 2 fully saturated rings. The fraction of sp³-hybridized carbons (Fsp3) is 0.467. The predicted octanol–water partition coefficient (Wildman–Crippen LogP) is 1.81. The van der Waals surface area contributed by atoms with Gasteiger partial charge in [0.25, 0.3) is 15.9 Å². The predicted molar refractivity (Wildman–Crippen MR) is 87.4 cm³/mol. The largest absolute Gasteiger partial charge is 0.438 e. The van der Waals surface area contributed by atoms with Crippen LogP contribution in [0.1, 0.15) is 40.7 Å². The maximum Gasteiger partial charge on any atom is 0.289 e. The molecule has 2 aliphatic rings. The molecule has 24 heavy (non-hydrogen) atoms. The summed E-state index contributed by atoms with van der Waals surface area (Å²) in [6.07, 6.45) is 4.31. The zero-order chi connectivity index (χ0) is 16.7. The van der Waals surface area contributed by atoms with Crippen LogP contribution in [0, 0.1) is 0 Å². The van der Waals surface area contributed by atoms with Gasteiger partial charge in [-0.3, -0.25) is 4.79 Å². The molecule has 9 heteroatoms. The lowest BCUT2D eigenvalue weighted by molar-refractivity contribution is 0.0753. The van der Waals surface area contributed by atoms with Gasteiger partial charge in [-0.1, -0.05) is 0 Å². The van der Waals surface area contributed by atoms with Gasteiger partial charge in [0, 0.05) is 36.6 Å². The summed E-state index contributed by atoms with van der Waals surface area (Å²) in [6, 6.07) is 2.77. The third-order valence-corrected chi connectivity index (χ3v) is 6.56. The molecule has 1 saturated heterocycles. The molecular weight excluding hydrogens is 350 g/mol. The number of likely N-dealkylation sites (tertiary alicyclic amines) is 1. The van der Waals surface area contributed by atoms with E-state index in [1.54, 1.807) is 22.4 Å². The Kier molecular flexibility index (Phi) is 3.93. The van der Waals surface area contributed by atoms with Crippen molar-refractivity contribution in [3.8, 4) is 0 Å². The van der Waals surface area contributed by atoms with Crippen molar-refractivity contribution in [3.63, 3.8) is 0 Å². The van der Waals surface area contributed by atoms with Gasteiger partial charge in [-0.15, -0.1) is 11.3 Å². The van der Waals surface area contributed by atoms with E-state index in [0.717, 1.165) is 24.3 Å². The fourth-order valence-electron chi connectivity index (χ4n) is 2.80. The molecule has 1 atom stereocenters. The van der Waals surface area contributed by atoms with Gasteiger partial charge in [-0.25, -0.2) is 18.1 Å². The molecule has 3 heterocycles. The molecule has 4 rings (SSSR count). The lowest BCUT2D eigenvalue weighted by Crippen LogP contribution is -2.28. The summed E-state index contributed by atoms with van der Waals surface area (Å²) in [5.41, 5.74) is 0. The number of amides is 1. The third kappa shape index (κ3) is 3.11. The Balaban J connectivity index is 1.45. The van der Waals surface area contributed by atoms with Gasteiger partial charge < -0.3 is 9.32 Å². The zero-order valence-electron chi connectivity index (χ0n) is 12.8. The maximum atomic E-state index is 12.5. The number of aromatic nitrogens is 1. The van der Waals surface area contributed by atoms with Crippen LogP contribution in [0.15, 0.2) is 33.2 Å². The van der Waals surface area contributed by atoms with Crippen molar-refractivity contribution in [2.45, 2.75) is 36.3 Å². The Morgan fingerprint density at radius 3 is 2.88 bits per heavy atom. The van der Waals surface area contributed by atoms with Gasteiger partial charge in [0.2, 0.25) is 5.09 Å². The van der Waals surface area contributed by atoms with E-state index >= 15 is 0 Å². The van der Waals surface area contributed by atoms with Gasteiger partial charge >= 0.3 is 0 Å². The van der Waals surface area contributed by atoms with Crippen molar-refractivity contribution in [1.82, 2.24) is 14.6 Å². The fourth-order valence-corrected chi connectivity index (χ4v) is 4.80. The Labute approximate surface area is 143 Å². The van der Waals surface area contributed by atoms with Gasteiger partial charge in [0.1, 0.15) is 0 Å². The number of hydrogen-bond acceptors (Lipinski definition) is 6. The number of sulfonamides is 1. The average Bonchev–Trinajstić information content (AvgIpc) is 3.08. The Morgan fingerprint density at radius 1 is 1.33 bits per heavy atom. The van der Waals surface area contributed by atoms with E-state index in [4.69, 9.17) is 4.42 Å². The van der Waals surface area contributed by atoms with E-state index in [0.29, 0.717) is 13.1 Å². The topological polar surface area (TPSA) is 92.5 Å². The number of thiazole rings is 1. The minimum Gasteiger partial charge on any atom is -0.438 e. The highest BCUT2D eigenvalue weighted by Crippen LogP contribution is 2.30. The van der Waals surface area contributed by atoms with Crippen LogP contribution in [0.5, 0.6) is 0 Å². The first kappa shape index (κ1) is 15.8. The molecule has 7 nitrogen and oxygen atoms in total. The average molecular weight is 367 g/mol. The molecule has 0 bridgehead atoms. The second-order valence-electron chi connectivity index (χ2n) is 6.12. The van der Waals surface area contributed by atoms with Crippen LogP contribution in [-0.4, -0.2) is 43.3 Å². The van der Waals surface area contributed by atoms with E-state index in [1.165, 1.54) is 12.1 Å². The number of rotatable bonds is 5. The first-order chi connectivity index (χ1) is 11.5.